The van der Waals surface area contributed by atoms with Gasteiger partial charge in [0.15, 0.2) is 0 Å². The van der Waals surface area contributed by atoms with Crippen molar-refractivity contribution < 1.29 is 14.3 Å². The van der Waals surface area contributed by atoms with Gasteiger partial charge < -0.3 is 14.5 Å². The quantitative estimate of drug-likeness (QED) is 0.846. The van der Waals surface area contributed by atoms with Crippen molar-refractivity contribution in [2.45, 2.75) is 13.8 Å². The van der Waals surface area contributed by atoms with E-state index in [4.69, 9.17) is 9.47 Å². The van der Waals surface area contributed by atoms with Crippen LogP contribution >= 0.6 is 0 Å². The van der Waals surface area contributed by atoms with Crippen LogP contribution in [-0.4, -0.2) is 29.7 Å². The molecule has 6 heteroatoms. The van der Waals surface area contributed by atoms with Crippen molar-refractivity contribution >= 4 is 17.0 Å². The molecular formula is C13H14N2O4. The number of H-pyrrole nitrogens is 1. The molecule has 6 nitrogen and oxygen atoms in total. The Morgan fingerprint density at radius 1 is 1.47 bits per heavy atom. The minimum absolute atomic E-state index is 0.0623. The Kier molecular flexibility index (Phi) is 3.50. The van der Waals surface area contributed by atoms with Crippen molar-refractivity contribution in [3.63, 3.8) is 0 Å². The molecule has 0 aliphatic rings. The molecule has 2 aromatic rings. The topological polar surface area (TPSA) is 81.3 Å². The second-order valence-corrected chi connectivity index (χ2v) is 3.96. The smallest absolute Gasteiger partial charge is 0.343 e. The van der Waals surface area contributed by atoms with E-state index >= 15 is 0 Å². The number of esters is 1. The predicted molar refractivity (Wildman–Crippen MR) is 69.6 cm³/mol. The lowest BCUT2D eigenvalue weighted by molar-refractivity contribution is 0.0524. The maximum absolute atomic E-state index is 12.2. The van der Waals surface area contributed by atoms with Crippen LogP contribution in [0.2, 0.25) is 0 Å². The molecule has 0 radical (unpaired) electrons. The van der Waals surface area contributed by atoms with Crippen LogP contribution in [0.25, 0.3) is 11.0 Å². The largest absolute Gasteiger partial charge is 0.481 e. The molecule has 0 unspecified atom stereocenters. The minimum atomic E-state index is -0.660. The van der Waals surface area contributed by atoms with Crippen molar-refractivity contribution in [1.29, 1.82) is 0 Å². The third kappa shape index (κ3) is 2.29. The molecule has 2 aromatic heterocycles. The van der Waals surface area contributed by atoms with Gasteiger partial charge in [-0.15, -0.1) is 0 Å². The summed E-state index contributed by atoms with van der Waals surface area (Å²) in [6.07, 6.45) is 1.34. The molecule has 100 valence electrons. The van der Waals surface area contributed by atoms with Gasteiger partial charge >= 0.3 is 5.97 Å². The summed E-state index contributed by atoms with van der Waals surface area (Å²) in [6.45, 7) is 3.71. The second-order valence-electron chi connectivity index (χ2n) is 3.96. The minimum Gasteiger partial charge on any atom is -0.481 e. The first kappa shape index (κ1) is 13.1. The number of hydrogen-bond donors (Lipinski definition) is 1. The van der Waals surface area contributed by atoms with Crippen LogP contribution in [0.15, 0.2) is 17.1 Å². The third-order valence-corrected chi connectivity index (χ3v) is 2.69. The van der Waals surface area contributed by atoms with Crippen molar-refractivity contribution in [3.05, 3.63) is 33.6 Å². The molecule has 0 spiro atoms. The average molecular weight is 262 g/mol. The fourth-order valence-corrected chi connectivity index (χ4v) is 1.79. The molecule has 0 saturated heterocycles. The second kappa shape index (κ2) is 5.09. The van der Waals surface area contributed by atoms with Crippen LogP contribution in [0.4, 0.5) is 0 Å². The number of carbonyl (C=O) groups excluding carboxylic acids is 1. The van der Waals surface area contributed by atoms with Crippen LogP contribution in [0.1, 0.15) is 22.8 Å². The summed E-state index contributed by atoms with van der Waals surface area (Å²) >= 11 is 0. The Hall–Kier alpha value is -2.37. The molecule has 1 N–H and O–H groups in total. The van der Waals surface area contributed by atoms with Gasteiger partial charge in [0.25, 0.3) is 0 Å². The fraction of sp³-hybridized carbons (Fsp3) is 0.308. The Morgan fingerprint density at radius 3 is 2.84 bits per heavy atom. The van der Waals surface area contributed by atoms with E-state index < -0.39 is 11.4 Å². The Bertz CT molecular complexity index is 691. The molecule has 0 amide bonds. The van der Waals surface area contributed by atoms with Crippen LogP contribution in [0.5, 0.6) is 5.88 Å². The molecule has 2 heterocycles. The summed E-state index contributed by atoms with van der Waals surface area (Å²) in [6, 6.07) is 1.75. The lowest BCUT2D eigenvalue weighted by Crippen LogP contribution is -2.19. The monoisotopic (exact) mass is 262 g/mol. The third-order valence-electron chi connectivity index (χ3n) is 2.69. The number of fused-ring (bicyclic) bond motifs is 1. The van der Waals surface area contributed by atoms with E-state index in [2.05, 4.69) is 9.97 Å². The van der Waals surface area contributed by atoms with Crippen LogP contribution < -0.4 is 10.2 Å². The van der Waals surface area contributed by atoms with Gasteiger partial charge in [-0.25, -0.2) is 9.78 Å². The number of nitrogens with zero attached hydrogens (tertiary/aromatic N) is 1. The summed E-state index contributed by atoms with van der Waals surface area (Å²) < 4.78 is 9.90. The number of aromatic nitrogens is 2. The van der Waals surface area contributed by atoms with E-state index in [0.717, 1.165) is 5.56 Å². The molecule has 0 fully saturated rings. The first-order valence-electron chi connectivity index (χ1n) is 5.82. The maximum atomic E-state index is 12.2. The molecular weight excluding hydrogens is 248 g/mol. The summed E-state index contributed by atoms with van der Waals surface area (Å²) in [5.41, 5.74) is 0.983. The molecule has 0 saturated carbocycles. The molecule has 0 aromatic carbocycles. The van der Waals surface area contributed by atoms with E-state index in [1.54, 1.807) is 13.0 Å². The van der Waals surface area contributed by atoms with Gasteiger partial charge in [-0.2, -0.15) is 0 Å². The van der Waals surface area contributed by atoms with Gasteiger partial charge in [0.1, 0.15) is 11.1 Å². The van der Waals surface area contributed by atoms with E-state index in [-0.39, 0.29) is 17.7 Å². The van der Waals surface area contributed by atoms with Gasteiger partial charge in [0.2, 0.25) is 11.3 Å². The standard InChI is InChI=1S/C13H14N2O4/c1-4-19-13(17)8-6-14-9-5-7(2)12(18-3)15-10(9)11(8)16/h5-6H,4H2,1-3H3,(H,14,16). The Morgan fingerprint density at radius 2 is 2.21 bits per heavy atom. The van der Waals surface area contributed by atoms with Crippen molar-refractivity contribution in [3.8, 4) is 5.88 Å². The first-order valence-corrected chi connectivity index (χ1v) is 5.82. The van der Waals surface area contributed by atoms with Crippen molar-refractivity contribution in [1.82, 2.24) is 9.97 Å². The highest BCUT2D eigenvalue weighted by atomic mass is 16.5. The Labute approximate surface area is 109 Å². The number of pyridine rings is 2. The Balaban J connectivity index is 2.67. The number of nitrogens with one attached hydrogen (secondary N) is 1. The number of carbonyl (C=O) groups is 1. The van der Waals surface area contributed by atoms with Crippen LogP contribution in [0, 0.1) is 6.92 Å². The molecule has 19 heavy (non-hydrogen) atoms. The molecule has 0 atom stereocenters. The number of ether oxygens (including phenoxy) is 2. The molecule has 0 bridgehead atoms. The number of methoxy groups -OCH3 is 1. The average Bonchev–Trinajstić information content (AvgIpc) is 2.38. The lowest BCUT2D eigenvalue weighted by Gasteiger charge is -2.06. The maximum Gasteiger partial charge on any atom is 0.343 e. The van der Waals surface area contributed by atoms with Crippen molar-refractivity contribution in [2.24, 2.45) is 0 Å². The highest BCUT2D eigenvalue weighted by molar-refractivity contribution is 5.92. The summed E-state index contributed by atoms with van der Waals surface area (Å²) in [5, 5.41) is 0. The van der Waals surface area contributed by atoms with E-state index in [9.17, 15) is 9.59 Å². The molecule has 0 aliphatic carbocycles. The van der Waals surface area contributed by atoms with E-state index in [1.807, 2.05) is 6.92 Å². The molecule has 0 aliphatic heterocycles. The van der Waals surface area contributed by atoms with Crippen LogP contribution in [0.3, 0.4) is 0 Å². The highest BCUT2D eigenvalue weighted by Gasteiger charge is 2.16. The highest BCUT2D eigenvalue weighted by Crippen LogP contribution is 2.18. The summed E-state index contributed by atoms with van der Waals surface area (Å²) in [5.74, 6) is -0.300. The van der Waals surface area contributed by atoms with Crippen LogP contribution in [-0.2, 0) is 4.74 Å². The van der Waals surface area contributed by atoms with Gasteiger partial charge in [-0.1, -0.05) is 0 Å². The zero-order chi connectivity index (χ0) is 14.0. The number of rotatable bonds is 3. The molecule has 2 rings (SSSR count). The predicted octanol–water partition coefficient (Wildman–Crippen LogP) is 1.42. The number of hydrogen-bond acceptors (Lipinski definition) is 5. The van der Waals surface area contributed by atoms with Gasteiger partial charge in [0, 0.05) is 11.8 Å². The van der Waals surface area contributed by atoms with Gasteiger partial charge in [-0.05, 0) is 19.9 Å². The fourth-order valence-electron chi connectivity index (χ4n) is 1.79. The van der Waals surface area contributed by atoms with Gasteiger partial charge in [0.05, 0.1) is 19.2 Å². The van der Waals surface area contributed by atoms with E-state index in [0.29, 0.717) is 11.4 Å². The zero-order valence-corrected chi connectivity index (χ0v) is 10.9. The zero-order valence-electron chi connectivity index (χ0n) is 10.9. The summed E-state index contributed by atoms with van der Waals surface area (Å²) in [7, 11) is 1.48. The lowest BCUT2D eigenvalue weighted by atomic mass is 10.2. The van der Waals surface area contributed by atoms with Gasteiger partial charge in [-0.3, -0.25) is 4.79 Å². The normalized spacial score (nSPS) is 10.5. The number of aryl methyl sites for hydroxylation is 1. The first-order chi connectivity index (χ1) is 9.08. The SMILES string of the molecule is CCOC(=O)c1c[nH]c2cc(C)c(OC)nc2c1=O. The van der Waals surface area contributed by atoms with Crippen molar-refractivity contribution in [2.75, 3.05) is 13.7 Å². The number of aromatic amines is 1. The summed E-state index contributed by atoms with van der Waals surface area (Å²) in [4.78, 5) is 30.8. The van der Waals surface area contributed by atoms with E-state index in [1.165, 1.54) is 13.3 Å².